The van der Waals surface area contributed by atoms with Gasteiger partial charge in [-0.05, 0) is 54.8 Å². The molecule has 4 atom stereocenters. The first-order valence-electron chi connectivity index (χ1n) is 9.07. The summed E-state index contributed by atoms with van der Waals surface area (Å²) >= 11 is 0. The maximum atomic E-state index is 9.70. The number of likely N-dealkylation sites (N-methyl/N-ethyl adjacent to an activating group) is 1. The van der Waals surface area contributed by atoms with Crippen LogP contribution in [0.4, 0.5) is 0 Å². The van der Waals surface area contributed by atoms with Crippen molar-refractivity contribution < 1.29 is 25.2 Å². The van der Waals surface area contributed by atoms with Crippen LogP contribution in [-0.4, -0.2) is 85.0 Å². The highest BCUT2D eigenvalue weighted by Gasteiger charge is 1.99. The van der Waals surface area contributed by atoms with Crippen molar-refractivity contribution in [3.05, 3.63) is 0 Å². The van der Waals surface area contributed by atoms with Crippen molar-refractivity contribution in [1.29, 1.82) is 0 Å². The van der Waals surface area contributed by atoms with Crippen LogP contribution in [0, 0.1) is 0 Å². The second-order valence-electron chi connectivity index (χ2n) is 5.66. The van der Waals surface area contributed by atoms with Gasteiger partial charge in [0, 0.05) is 20.5 Å². The van der Waals surface area contributed by atoms with Crippen molar-refractivity contribution in [1.82, 2.24) is 16.0 Å². The van der Waals surface area contributed by atoms with E-state index < -0.39 is 12.2 Å². The molecular formula is C18H47N3O5. The Kier molecular flexibility index (Phi) is 44.5. The Labute approximate surface area is 161 Å². The number of carbonyl (C=O) groups excluding carboxylic acids is 1. The molecule has 0 aromatic heterocycles. The molecule has 0 aliphatic heterocycles. The van der Waals surface area contributed by atoms with E-state index in [-0.39, 0.29) is 18.1 Å². The SMILES string of the molecule is CC(O)C(C)O.CCC(C)O.CCNC.CNC(C)=O.CNCC(C)O. The molecule has 8 nitrogen and oxygen atoms in total. The normalized spacial score (nSPS) is 13.3. The molecule has 0 aromatic rings. The number of amides is 1. The summed E-state index contributed by atoms with van der Waals surface area (Å²) in [5, 5.41) is 41.7. The average molecular weight is 386 g/mol. The highest BCUT2D eigenvalue weighted by Crippen LogP contribution is 1.85. The van der Waals surface area contributed by atoms with Crippen molar-refractivity contribution in [3.63, 3.8) is 0 Å². The Bertz CT molecular complexity index is 231. The van der Waals surface area contributed by atoms with Gasteiger partial charge in [-0.1, -0.05) is 13.8 Å². The van der Waals surface area contributed by atoms with Crippen molar-refractivity contribution in [3.8, 4) is 0 Å². The van der Waals surface area contributed by atoms with E-state index in [1.54, 1.807) is 34.7 Å². The average Bonchev–Trinajstić information content (AvgIpc) is 2.56. The van der Waals surface area contributed by atoms with Gasteiger partial charge in [0.15, 0.2) is 0 Å². The largest absolute Gasteiger partial charge is 0.393 e. The van der Waals surface area contributed by atoms with E-state index in [4.69, 9.17) is 20.4 Å². The Hall–Kier alpha value is -0.770. The number of nitrogens with one attached hydrogen (secondary N) is 3. The van der Waals surface area contributed by atoms with E-state index in [1.807, 2.05) is 21.0 Å². The summed E-state index contributed by atoms with van der Waals surface area (Å²) in [4.78, 5) is 9.70. The highest BCUT2D eigenvalue weighted by atomic mass is 16.3. The molecule has 0 spiro atoms. The number of aliphatic hydroxyl groups is 4. The third-order valence-corrected chi connectivity index (χ3v) is 2.49. The van der Waals surface area contributed by atoms with Crippen molar-refractivity contribution in [2.45, 2.75) is 79.3 Å². The zero-order chi connectivity index (χ0) is 22.1. The zero-order valence-electron chi connectivity index (χ0n) is 18.6. The minimum atomic E-state index is -0.593. The minimum absolute atomic E-state index is 0.00463. The Balaban J connectivity index is -0.0000000712. The first-order valence-corrected chi connectivity index (χ1v) is 9.07. The quantitative estimate of drug-likeness (QED) is 0.356. The molecule has 0 radical (unpaired) electrons. The maximum absolute atomic E-state index is 9.70. The van der Waals surface area contributed by atoms with Crippen LogP contribution in [-0.2, 0) is 4.79 Å². The summed E-state index contributed by atoms with van der Waals surface area (Å²) in [7, 11) is 5.34. The predicted octanol–water partition coefficient (Wildman–Crippen LogP) is 0.0898. The van der Waals surface area contributed by atoms with Gasteiger partial charge in [0.2, 0.25) is 5.91 Å². The molecule has 8 heteroatoms. The Morgan fingerprint density at radius 1 is 0.808 bits per heavy atom. The van der Waals surface area contributed by atoms with Gasteiger partial charge in [-0.15, -0.1) is 0 Å². The number of carbonyl (C=O) groups is 1. The molecule has 0 aliphatic carbocycles. The zero-order valence-corrected chi connectivity index (χ0v) is 18.6. The highest BCUT2D eigenvalue weighted by molar-refractivity contribution is 5.72. The summed E-state index contributed by atoms with van der Waals surface area (Å²) in [5.41, 5.74) is 0. The molecule has 0 rings (SSSR count). The van der Waals surface area contributed by atoms with E-state index in [9.17, 15) is 4.79 Å². The van der Waals surface area contributed by atoms with E-state index >= 15 is 0 Å². The molecule has 7 N–H and O–H groups in total. The fourth-order valence-electron chi connectivity index (χ4n) is 0.295. The summed E-state index contributed by atoms with van der Waals surface area (Å²) < 4.78 is 0. The summed E-state index contributed by atoms with van der Waals surface area (Å²) in [5.74, 6) is 0.00463. The molecule has 0 saturated heterocycles. The van der Waals surface area contributed by atoms with Gasteiger partial charge in [0.05, 0.1) is 24.4 Å². The van der Waals surface area contributed by atoms with Gasteiger partial charge in [-0.2, -0.15) is 0 Å². The lowest BCUT2D eigenvalue weighted by Gasteiger charge is -2.03. The van der Waals surface area contributed by atoms with Crippen LogP contribution in [0.1, 0.15) is 54.9 Å². The van der Waals surface area contributed by atoms with E-state index in [2.05, 4.69) is 22.9 Å². The molecule has 0 aromatic carbocycles. The Morgan fingerprint density at radius 3 is 1.08 bits per heavy atom. The van der Waals surface area contributed by atoms with Gasteiger partial charge in [0.1, 0.15) is 0 Å². The third kappa shape index (κ3) is 91.0. The maximum Gasteiger partial charge on any atom is 0.216 e. The lowest BCUT2D eigenvalue weighted by atomic mass is 10.3. The second kappa shape index (κ2) is 31.9. The van der Waals surface area contributed by atoms with Crippen LogP contribution in [0.15, 0.2) is 0 Å². The van der Waals surface area contributed by atoms with E-state index in [0.29, 0.717) is 6.54 Å². The summed E-state index contributed by atoms with van der Waals surface area (Å²) in [6.07, 6.45) is -0.653. The number of rotatable bonds is 5. The molecule has 4 unspecified atom stereocenters. The number of hydrogen-bond acceptors (Lipinski definition) is 7. The minimum Gasteiger partial charge on any atom is -0.393 e. The Morgan fingerprint density at radius 2 is 1.08 bits per heavy atom. The summed E-state index contributed by atoms with van der Waals surface area (Å²) in [6, 6.07) is 0. The topological polar surface area (TPSA) is 134 Å². The lowest BCUT2D eigenvalue weighted by Crippen LogP contribution is -2.19. The smallest absolute Gasteiger partial charge is 0.216 e. The van der Waals surface area contributed by atoms with Gasteiger partial charge < -0.3 is 36.4 Å². The first kappa shape index (κ1) is 36.2. The van der Waals surface area contributed by atoms with Gasteiger partial charge in [-0.3, -0.25) is 4.79 Å². The van der Waals surface area contributed by atoms with Gasteiger partial charge >= 0.3 is 0 Å². The van der Waals surface area contributed by atoms with Crippen LogP contribution in [0.2, 0.25) is 0 Å². The van der Waals surface area contributed by atoms with Crippen LogP contribution >= 0.6 is 0 Å². The third-order valence-electron chi connectivity index (χ3n) is 2.49. The molecular weight excluding hydrogens is 338 g/mol. The molecule has 0 saturated carbocycles. The molecule has 0 aliphatic rings. The predicted molar refractivity (Wildman–Crippen MR) is 110 cm³/mol. The van der Waals surface area contributed by atoms with Gasteiger partial charge in [-0.25, -0.2) is 0 Å². The van der Waals surface area contributed by atoms with E-state index in [1.165, 1.54) is 6.92 Å². The molecule has 0 fully saturated rings. The fourth-order valence-corrected chi connectivity index (χ4v) is 0.295. The second-order valence-corrected chi connectivity index (χ2v) is 5.66. The molecule has 26 heavy (non-hydrogen) atoms. The van der Waals surface area contributed by atoms with Crippen LogP contribution in [0.25, 0.3) is 0 Å². The fraction of sp³-hybridized carbons (Fsp3) is 0.944. The van der Waals surface area contributed by atoms with E-state index in [0.717, 1.165) is 13.0 Å². The molecule has 164 valence electrons. The first-order chi connectivity index (χ1) is 11.9. The lowest BCUT2D eigenvalue weighted by molar-refractivity contribution is -0.118. The van der Waals surface area contributed by atoms with Crippen LogP contribution in [0.5, 0.6) is 0 Å². The van der Waals surface area contributed by atoms with Crippen LogP contribution in [0.3, 0.4) is 0 Å². The molecule has 0 bridgehead atoms. The molecule has 0 heterocycles. The number of aliphatic hydroxyl groups excluding tert-OH is 4. The van der Waals surface area contributed by atoms with Crippen molar-refractivity contribution in [2.24, 2.45) is 0 Å². The standard InChI is InChI=1S/C4H11NO.C4H10O2.C4H10O.C3H7NO.C3H9N/c1-4(6)3-5-2;1-3(5)4(2)6;1-3-4(2)5;1-3(5)4-2;1-3-4-2/h4-6H,3H2,1-2H3;3-6H,1-2H3;4-5H,3H2,1-2H3;1-2H3,(H,4,5);4H,3H2,1-2H3. The van der Waals surface area contributed by atoms with Gasteiger partial charge in [0.25, 0.3) is 0 Å². The molecule has 1 amide bonds. The van der Waals surface area contributed by atoms with Crippen molar-refractivity contribution in [2.75, 3.05) is 34.2 Å². The van der Waals surface area contributed by atoms with Crippen LogP contribution < -0.4 is 16.0 Å². The monoisotopic (exact) mass is 385 g/mol. The number of hydrogen-bond donors (Lipinski definition) is 7. The summed E-state index contributed by atoms with van der Waals surface area (Å²) in [6.45, 7) is 13.9. The van der Waals surface area contributed by atoms with Crippen molar-refractivity contribution >= 4 is 5.91 Å².